The van der Waals surface area contributed by atoms with E-state index >= 15 is 0 Å². The van der Waals surface area contributed by atoms with Gasteiger partial charge in [0.05, 0.1) is 11.0 Å². The third-order valence-electron chi connectivity index (χ3n) is 4.59. The van der Waals surface area contributed by atoms with E-state index in [0.29, 0.717) is 6.04 Å². The zero-order valence-electron chi connectivity index (χ0n) is 13.4. The third kappa shape index (κ3) is 3.02. The molecule has 0 bridgehead atoms. The summed E-state index contributed by atoms with van der Waals surface area (Å²) in [6, 6.07) is 17.4. The molecule has 4 nitrogen and oxygen atoms in total. The molecule has 1 aromatic heterocycles. The van der Waals surface area contributed by atoms with Crippen LogP contribution in [0.3, 0.4) is 0 Å². The molecule has 23 heavy (non-hydrogen) atoms. The highest BCUT2D eigenvalue weighted by Crippen LogP contribution is 2.23. The Morgan fingerprint density at radius 3 is 2.70 bits per heavy atom. The Morgan fingerprint density at radius 1 is 1.09 bits per heavy atom. The molecule has 2 N–H and O–H groups in total. The van der Waals surface area contributed by atoms with Crippen LogP contribution in [0, 0.1) is 6.92 Å². The highest BCUT2D eigenvalue weighted by molar-refractivity contribution is 5.77. The molecule has 0 atom stereocenters. The van der Waals surface area contributed by atoms with Crippen molar-refractivity contribution < 1.29 is 0 Å². The maximum atomic E-state index is 4.62. The van der Waals surface area contributed by atoms with Gasteiger partial charge in [-0.05, 0) is 49.6 Å². The van der Waals surface area contributed by atoms with Crippen molar-refractivity contribution in [3.63, 3.8) is 0 Å². The monoisotopic (exact) mass is 306 g/mol. The Hall–Kier alpha value is -2.49. The van der Waals surface area contributed by atoms with Gasteiger partial charge in [-0.25, -0.2) is 4.98 Å². The first-order valence-electron chi connectivity index (χ1n) is 8.31. The lowest BCUT2D eigenvalue weighted by atomic mass is 10.0. The number of piperidine rings is 1. The molecule has 4 rings (SSSR count). The number of nitrogens with zero attached hydrogens (tertiary/aromatic N) is 2. The van der Waals surface area contributed by atoms with Crippen molar-refractivity contribution in [3.05, 3.63) is 54.1 Å². The van der Waals surface area contributed by atoms with Gasteiger partial charge in [-0.1, -0.05) is 24.3 Å². The van der Waals surface area contributed by atoms with E-state index in [9.17, 15) is 0 Å². The predicted octanol–water partition coefficient (Wildman–Crippen LogP) is 3.95. The smallest absolute Gasteiger partial charge is 0.201 e. The van der Waals surface area contributed by atoms with Crippen LogP contribution in [0.2, 0.25) is 0 Å². The first-order chi connectivity index (χ1) is 11.3. The molecule has 0 saturated carbocycles. The summed E-state index contributed by atoms with van der Waals surface area (Å²) in [6.07, 6.45) is 2.26. The van der Waals surface area contributed by atoms with Crippen LogP contribution in [0.25, 0.3) is 11.0 Å². The summed E-state index contributed by atoms with van der Waals surface area (Å²) in [6.45, 7) is 4.32. The average molecular weight is 306 g/mol. The van der Waals surface area contributed by atoms with E-state index in [1.807, 2.05) is 18.2 Å². The topological polar surface area (TPSA) is 44.0 Å². The molecule has 0 aliphatic carbocycles. The lowest BCUT2D eigenvalue weighted by molar-refractivity contribution is 0.524. The summed E-state index contributed by atoms with van der Waals surface area (Å²) in [5, 5.41) is 3.56. The van der Waals surface area contributed by atoms with Crippen molar-refractivity contribution >= 4 is 22.7 Å². The molecule has 2 aromatic carbocycles. The molecule has 0 spiro atoms. The van der Waals surface area contributed by atoms with Crippen LogP contribution in [-0.4, -0.2) is 29.1 Å². The number of hydrogen-bond acceptors (Lipinski definition) is 3. The molecule has 1 fully saturated rings. The number of nitrogens with one attached hydrogen (secondary N) is 2. The van der Waals surface area contributed by atoms with Crippen LogP contribution in [0.4, 0.5) is 11.6 Å². The number of H-pyrrole nitrogens is 1. The maximum absolute atomic E-state index is 4.62. The van der Waals surface area contributed by atoms with Crippen molar-refractivity contribution in [3.8, 4) is 0 Å². The van der Waals surface area contributed by atoms with E-state index in [0.717, 1.165) is 42.9 Å². The highest BCUT2D eigenvalue weighted by atomic mass is 15.2. The number of aromatic nitrogens is 2. The van der Waals surface area contributed by atoms with E-state index in [-0.39, 0.29) is 0 Å². The quantitative estimate of drug-likeness (QED) is 0.770. The largest absolute Gasteiger partial charge is 0.371 e. The third-order valence-corrected chi connectivity index (χ3v) is 4.59. The number of aromatic amines is 1. The molecule has 1 saturated heterocycles. The fraction of sp³-hybridized carbons (Fsp3) is 0.316. The number of imidazole rings is 1. The van der Waals surface area contributed by atoms with Gasteiger partial charge in [0.1, 0.15) is 0 Å². The van der Waals surface area contributed by atoms with Crippen molar-refractivity contribution in [2.45, 2.75) is 25.8 Å². The molecular weight excluding hydrogens is 284 g/mol. The average Bonchev–Trinajstić information content (AvgIpc) is 2.98. The number of hydrogen-bond donors (Lipinski definition) is 2. The van der Waals surface area contributed by atoms with Gasteiger partial charge >= 0.3 is 0 Å². The minimum absolute atomic E-state index is 0.483. The molecule has 118 valence electrons. The van der Waals surface area contributed by atoms with Gasteiger partial charge in [-0.2, -0.15) is 0 Å². The summed E-state index contributed by atoms with van der Waals surface area (Å²) in [5.41, 5.74) is 4.77. The molecule has 0 unspecified atom stereocenters. The van der Waals surface area contributed by atoms with Crippen LogP contribution in [0.1, 0.15) is 18.4 Å². The van der Waals surface area contributed by atoms with E-state index in [4.69, 9.17) is 0 Å². The van der Waals surface area contributed by atoms with Crippen molar-refractivity contribution in [2.75, 3.05) is 23.3 Å². The predicted molar refractivity (Wildman–Crippen MR) is 96.1 cm³/mol. The van der Waals surface area contributed by atoms with Crippen LogP contribution in [-0.2, 0) is 0 Å². The minimum Gasteiger partial charge on any atom is -0.371 e. The first kappa shape index (κ1) is 14.1. The molecule has 2 heterocycles. The van der Waals surface area contributed by atoms with Gasteiger partial charge in [0.15, 0.2) is 0 Å². The van der Waals surface area contributed by atoms with E-state index in [1.54, 1.807) is 0 Å². The summed E-state index contributed by atoms with van der Waals surface area (Å²) < 4.78 is 0. The lowest BCUT2D eigenvalue weighted by Crippen LogP contribution is -2.39. The molecule has 3 aromatic rings. The SMILES string of the molecule is Cc1cccc(N2CCC(Nc3nc4ccccc4[nH]3)CC2)c1. The number of aryl methyl sites for hydroxylation is 1. The number of para-hydroxylation sites is 2. The Bertz CT molecular complexity index is 767. The van der Waals surface area contributed by atoms with Crippen LogP contribution >= 0.6 is 0 Å². The van der Waals surface area contributed by atoms with Crippen LogP contribution in [0.15, 0.2) is 48.5 Å². The lowest BCUT2D eigenvalue weighted by Gasteiger charge is -2.34. The Morgan fingerprint density at radius 2 is 1.91 bits per heavy atom. The molecule has 0 radical (unpaired) electrons. The van der Waals surface area contributed by atoms with E-state index < -0.39 is 0 Å². The number of anilines is 2. The summed E-state index contributed by atoms with van der Waals surface area (Å²) in [4.78, 5) is 10.4. The Balaban J connectivity index is 1.39. The molecule has 4 heteroatoms. The molecule has 0 amide bonds. The second-order valence-electron chi connectivity index (χ2n) is 6.35. The minimum atomic E-state index is 0.483. The van der Waals surface area contributed by atoms with Crippen molar-refractivity contribution in [2.24, 2.45) is 0 Å². The first-order valence-corrected chi connectivity index (χ1v) is 8.31. The standard InChI is InChI=1S/C19H22N4/c1-14-5-4-6-16(13-14)23-11-9-15(10-12-23)20-19-21-17-7-2-3-8-18(17)22-19/h2-8,13,15H,9-12H2,1H3,(H2,20,21,22). The zero-order valence-corrected chi connectivity index (χ0v) is 13.4. The number of rotatable bonds is 3. The molecular formula is C19H22N4. The van der Waals surface area contributed by atoms with Gasteiger partial charge in [0.2, 0.25) is 5.95 Å². The second kappa shape index (κ2) is 5.95. The second-order valence-corrected chi connectivity index (χ2v) is 6.35. The van der Waals surface area contributed by atoms with Gasteiger partial charge in [-0.3, -0.25) is 0 Å². The summed E-state index contributed by atoms with van der Waals surface area (Å²) >= 11 is 0. The summed E-state index contributed by atoms with van der Waals surface area (Å²) in [5.74, 6) is 0.889. The Labute approximate surface area is 136 Å². The van der Waals surface area contributed by atoms with Gasteiger partial charge in [-0.15, -0.1) is 0 Å². The molecule has 1 aliphatic rings. The number of fused-ring (bicyclic) bond motifs is 1. The van der Waals surface area contributed by atoms with Crippen molar-refractivity contribution in [1.82, 2.24) is 9.97 Å². The molecule has 1 aliphatic heterocycles. The van der Waals surface area contributed by atoms with Gasteiger partial charge in [0.25, 0.3) is 0 Å². The van der Waals surface area contributed by atoms with Crippen LogP contribution < -0.4 is 10.2 Å². The number of benzene rings is 2. The normalized spacial score (nSPS) is 16.0. The van der Waals surface area contributed by atoms with Crippen molar-refractivity contribution in [1.29, 1.82) is 0 Å². The zero-order chi connectivity index (χ0) is 15.6. The van der Waals surface area contributed by atoms with E-state index in [2.05, 4.69) is 57.4 Å². The van der Waals surface area contributed by atoms with E-state index in [1.165, 1.54) is 11.3 Å². The van der Waals surface area contributed by atoms with Gasteiger partial charge in [0, 0.05) is 24.8 Å². The highest BCUT2D eigenvalue weighted by Gasteiger charge is 2.20. The Kier molecular flexibility index (Phi) is 3.66. The maximum Gasteiger partial charge on any atom is 0.201 e. The summed E-state index contributed by atoms with van der Waals surface area (Å²) in [7, 11) is 0. The van der Waals surface area contributed by atoms with Gasteiger partial charge < -0.3 is 15.2 Å². The fourth-order valence-corrected chi connectivity index (χ4v) is 3.32. The fourth-order valence-electron chi connectivity index (χ4n) is 3.32. The van der Waals surface area contributed by atoms with Crippen LogP contribution in [0.5, 0.6) is 0 Å².